The molecule has 174 valence electrons. The number of nitrogens with one attached hydrogen (secondary N) is 1. The molecule has 1 unspecified atom stereocenters. The Labute approximate surface area is 197 Å². The summed E-state index contributed by atoms with van der Waals surface area (Å²) < 4.78 is 12.7. The van der Waals surface area contributed by atoms with Gasteiger partial charge in [0.05, 0.1) is 26.1 Å². The molecule has 4 aromatic rings. The second-order valence-corrected chi connectivity index (χ2v) is 8.30. The number of carbonyl (C=O) groups excluding carboxylic acids is 1. The number of anilines is 2. The quantitative estimate of drug-likeness (QED) is 0.453. The highest BCUT2D eigenvalue weighted by atomic mass is 16.5. The van der Waals surface area contributed by atoms with Gasteiger partial charge in [0.2, 0.25) is 5.91 Å². The Hall–Kier alpha value is -4.14. The summed E-state index contributed by atoms with van der Waals surface area (Å²) in [6, 6.07) is 13.7. The van der Waals surface area contributed by atoms with Gasteiger partial charge in [-0.3, -0.25) is 9.48 Å². The summed E-state index contributed by atoms with van der Waals surface area (Å²) in [6.07, 6.45) is 5.01. The van der Waals surface area contributed by atoms with Gasteiger partial charge >= 0.3 is 0 Å². The Kier molecular flexibility index (Phi) is 5.75. The third-order valence-electron chi connectivity index (χ3n) is 5.95. The molecule has 3 aromatic heterocycles. The number of carbonyl (C=O) groups is 1. The molecule has 1 saturated heterocycles. The van der Waals surface area contributed by atoms with E-state index in [1.165, 1.54) is 0 Å². The Morgan fingerprint density at radius 1 is 1.09 bits per heavy atom. The summed E-state index contributed by atoms with van der Waals surface area (Å²) >= 11 is 0. The summed E-state index contributed by atoms with van der Waals surface area (Å²) in [5.74, 6) is 2.14. The first-order chi connectivity index (χ1) is 16.5. The number of benzene rings is 1. The van der Waals surface area contributed by atoms with Crippen LogP contribution < -0.4 is 19.7 Å². The molecule has 0 aliphatic carbocycles. The zero-order valence-corrected chi connectivity index (χ0v) is 19.4. The maximum atomic E-state index is 11.9. The fourth-order valence-electron chi connectivity index (χ4n) is 4.17. The molecule has 0 spiro atoms. The Morgan fingerprint density at radius 2 is 1.85 bits per heavy atom. The summed E-state index contributed by atoms with van der Waals surface area (Å²) in [7, 11) is 5.12. The standard InChI is InChI=1S/C25H26N6O3/c1-30-14-17(13-26-30)22-7-4-16-5-8-23(29-25(16)28-22)31(15-18-6-9-24(32)27-18)19-10-20(33-2)12-21(11-19)34-3/h4-5,7-8,10-14,18H,6,9,15H2,1-3H3,(H,27,32). The molecule has 1 aliphatic heterocycles. The first-order valence-corrected chi connectivity index (χ1v) is 11.1. The highest BCUT2D eigenvalue weighted by molar-refractivity contribution is 5.81. The third kappa shape index (κ3) is 4.36. The van der Waals surface area contributed by atoms with Gasteiger partial charge in [-0.2, -0.15) is 5.10 Å². The number of nitrogens with zero attached hydrogens (tertiary/aromatic N) is 5. The van der Waals surface area contributed by atoms with Crippen LogP contribution in [0, 0.1) is 0 Å². The highest BCUT2D eigenvalue weighted by Crippen LogP contribution is 2.33. The van der Waals surface area contributed by atoms with Gasteiger partial charge in [-0.1, -0.05) is 0 Å². The van der Waals surface area contributed by atoms with Crippen molar-refractivity contribution in [3.05, 3.63) is 54.9 Å². The number of hydrogen-bond acceptors (Lipinski definition) is 7. The molecule has 0 bridgehead atoms. The zero-order chi connectivity index (χ0) is 23.7. The van der Waals surface area contributed by atoms with Crippen molar-refractivity contribution in [1.29, 1.82) is 0 Å². The molecule has 0 saturated carbocycles. The molecular formula is C25H26N6O3. The molecule has 1 atom stereocenters. The smallest absolute Gasteiger partial charge is 0.220 e. The lowest BCUT2D eigenvalue weighted by molar-refractivity contribution is -0.119. The van der Waals surface area contributed by atoms with E-state index in [4.69, 9.17) is 19.4 Å². The highest BCUT2D eigenvalue weighted by Gasteiger charge is 2.25. The molecule has 1 aromatic carbocycles. The van der Waals surface area contributed by atoms with Crippen molar-refractivity contribution in [2.75, 3.05) is 25.7 Å². The summed E-state index contributed by atoms with van der Waals surface area (Å²) in [4.78, 5) is 23.6. The Balaban J connectivity index is 1.58. The second-order valence-electron chi connectivity index (χ2n) is 8.30. The van der Waals surface area contributed by atoms with Crippen molar-refractivity contribution in [3.63, 3.8) is 0 Å². The van der Waals surface area contributed by atoms with Gasteiger partial charge < -0.3 is 19.7 Å². The van der Waals surface area contributed by atoms with Crippen molar-refractivity contribution in [2.24, 2.45) is 7.05 Å². The van der Waals surface area contributed by atoms with Gasteiger partial charge in [-0.25, -0.2) is 9.97 Å². The molecule has 9 nitrogen and oxygen atoms in total. The number of amides is 1. The van der Waals surface area contributed by atoms with Gasteiger partial charge in [0.1, 0.15) is 17.3 Å². The zero-order valence-electron chi connectivity index (χ0n) is 19.4. The minimum atomic E-state index is 0.0110. The number of methoxy groups -OCH3 is 2. The van der Waals surface area contributed by atoms with Crippen molar-refractivity contribution < 1.29 is 14.3 Å². The van der Waals surface area contributed by atoms with Crippen LogP contribution in [0.3, 0.4) is 0 Å². The predicted octanol–water partition coefficient (Wildman–Crippen LogP) is 3.46. The molecule has 9 heteroatoms. The van der Waals surface area contributed by atoms with E-state index in [1.54, 1.807) is 25.1 Å². The van der Waals surface area contributed by atoms with Crippen LogP contribution >= 0.6 is 0 Å². The lowest BCUT2D eigenvalue weighted by Crippen LogP contribution is -2.36. The minimum absolute atomic E-state index is 0.0110. The first kappa shape index (κ1) is 21.7. The topological polar surface area (TPSA) is 94.4 Å². The van der Waals surface area contributed by atoms with E-state index in [2.05, 4.69) is 15.3 Å². The monoisotopic (exact) mass is 458 g/mol. The maximum Gasteiger partial charge on any atom is 0.220 e. The molecule has 0 radical (unpaired) electrons. The Bertz CT molecular complexity index is 1330. The molecule has 4 heterocycles. The van der Waals surface area contributed by atoms with Crippen LogP contribution in [0.5, 0.6) is 11.5 Å². The molecule has 1 N–H and O–H groups in total. The van der Waals surface area contributed by atoms with E-state index < -0.39 is 0 Å². The van der Waals surface area contributed by atoms with E-state index >= 15 is 0 Å². The van der Waals surface area contributed by atoms with E-state index in [0.29, 0.717) is 30.1 Å². The summed E-state index contributed by atoms with van der Waals surface area (Å²) in [5.41, 5.74) is 3.23. The first-order valence-electron chi connectivity index (χ1n) is 11.1. The molecule has 5 rings (SSSR count). The molecule has 34 heavy (non-hydrogen) atoms. The van der Waals surface area contributed by atoms with Gasteiger partial charge in [0.15, 0.2) is 5.65 Å². The fourth-order valence-corrected chi connectivity index (χ4v) is 4.17. The number of pyridine rings is 2. The number of fused-ring (bicyclic) bond motifs is 1. The third-order valence-corrected chi connectivity index (χ3v) is 5.95. The van der Waals surface area contributed by atoms with Crippen LogP contribution in [0.25, 0.3) is 22.3 Å². The summed E-state index contributed by atoms with van der Waals surface area (Å²) in [6.45, 7) is 0.558. The number of aromatic nitrogens is 4. The van der Waals surface area contributed by atoms with Crippen LogP contribution in [0.2, 0.25) is 0 Å². The molecule has 1 amide bonds. The van der Waals surface area contributed by atoms with Gasteiger partial charge in [-0.05, 0) is 30.7 Å². The lowest BCUT2D eigenvalue weighted by atomic mass is 10.1. The van der Waals surface area contributed by atoms with Crippen LogP contribution in [-0.2, 0) is 11.8 Å². The fraction of sp³-hybridized carbons (Fsp3) is 0.280. The maximum absolute atomic E-state index is 11.9. The van der Waals surface area contributed by atoms with Crippen molar-refractivity contribution in [3.8, 4) is 22.8 Å². The van der Waals surface area contributed by atoms with Crippen molar-refractivity contribution >= 4 is 28.4 Å². The van der Waals surface area contributed by atoms with Crippen LogP contribution in [0.4, 0.5) is 11.5 Å². The van der Waals surface area contributed by atoms with Gasteiger partial charge in [0.25, 0.3) is 0 Å². The normalized spacial score (nSPS) is 15.4. The average Bonchev–Trinajstić information content (AvgIpc) is 3.49. The van der Waals surface area contributed by atoms with E-state index in [0.717, 1.165) is 34.6 Å². The van der Waals surface area contributed by atoms with E-state index in [1.807, 2.05) is 55.7 Å². The van der Waals surface area contributed by atoms with E-state index in [-0.39, 0.29) is 11.9 Å². The average molecular weight is 459 g/mol. The largest absolute Gasteiger partial charge is 0.497 e. The number of ether oxygens (including phenoxy) is 2. The second kappa shape index (κ2) is 9.01. The number of hydrogen-bond donors (Lipinski definition) is 1. The molecular weight excluding hydrogens is 432 g/mol. The van der Waals surface area contributed by atoms with Crippen LogP contribution in [0.1, 0.15) is 12.8 Å². The number of aryl methyl sites for hydroxylation is 1. The predicted molar refractivity (Wildman–Crippen MR) is 129 cm³/mol. The lowest BCUT2D eigenvalue weighted by Gasteiger charge is -2.27. The SMILES string of the molecule is COc1cc(OC)cc(N(CC2CCC(=O)N2)c2ccc3ccc(-c4cnn(C)c4)nc3n2)c1. The number of rotatable bonds is 7. The van der Waals surface area contributed by atoms with E-state index in [9.17, 15) is 4.79 Å². The van der Waals surface area contributed by atoms with Crippen molar-refractivity contribution in [1.82, 2.24) is 25.1 Å². The Morgan fingerprint density at radius 3 is 2.50 bits per heavy atom. The van der Waals surface area contributed by atoms with Crippen LogP contribution in [0.15, 0.2) is 54.9 Å². The van der Waals surface area contributed by atoms with Gasteiger partial charge in [-0.15, -0.1) is 0 Å². The summed E-state index contributed by atoms with van der Waals surface area (Å²) in [5, 5.41) is 8.24. The van der Waals surface area contributed by atoms with Crippen molar-refractivity contribution in [2.45, 2.75) is 18.9 Å². The van der Waals surface area contributed by atoms with Gasteiger partial charge in [0, 0.05) is 67.1 Å². The molecule has 1 fully saturated rings. The van der Waals surface area contributed by atoms with Crippen LogP contribution in [-0.4, -0.2) is 52.5 Å². The molecule has 1 aliphatic rings. The minimum Gasteiger partial charge on any atom is -0.497 e.